The van der Waals surface area contributed by atoms with Gasteiger partial charge in [0.05, 0.1) is 0 Å². The van der Waals surface area contributed by atoms with Gasteiger partial charge in [-0.1, -0.05) is 0 Å². The largest absolute Gasteiger partial charge is 0.379 e. The van der Waals surface area contributed by atoms with Gasteiger partial charge in [-0.15, -0.1) is 4.91 Å². The summed E-state index contributed by atoms with van der Waals surface area (Å²) < 4.78 is 0. The molecule has 2 radical (unpaired) electrons. The molecular weight excluding hydrogens is 62.0 g/mol. The minimum absolute atomic E-state index is 0. The second-order valence-corrected chi connectivity index (χ2v) is 0.0816. The Hall–Kier alpha value is -0.640. The van der Waals surface area contributed by atoms with Gasteiger partial charge in [-0.3, -0.25) is 0 Å². The van der Waals surface area contributed by atoms with E-state index in [2.05, 4.69) is 0 Å². The van der Waals surface area contributed by atoms with Gasteiger partial charge in [0, 0.05) is 5.48 Å². The quantitative estimate of drug-likeness (QED) is 0.317. The minimum Gasteiger partial charge on any atom is -0.379 e. The molecule has 4 heavy (non-hydrogen) atoms. The molecule has 4 heteroatoms. The van der Waals surface area contributed by atoms with E-state index in [4.69, 9.17) is 10.1 Å². The monoisotopic (exact) mass is 63.0 g/mol. The maximum Gasteiger partial charge on any atom is 0.152 e. The Morgan fingerprint density at radius 3 is 1.75 bits per heavy atom. The molecule has 0 bridgehead atoms. The van der Waals surface area contributed by atoms with Crippen LogP contribution in [0, 0.1) is 4.91 Å². The molecule has 1 N–H and O–H groups in total. The number of rotatable bonds is 0. The third kappa shape index (κ3) is 0.430. The fourth-order valence-corrected chi connectivity index (χ4v) is 0. The van der Waals surface area contributed by atoms with E-state index in [1.807, 2.05) is 0 Å². The first-order valence-electron chi connectivity index (χ1n) is 0.383. The highest BCUT2D eigenvalue weighted by molar-refractivity contribution is 3.83. The van der Waals surface area contributed by atoms with Crippen LogP contribution in [0.3, 0.4) is 0 Å². The molecule has 0 aromatic carbocycles. The Morgan fingerprint density at radius 2 is 1.75 bits per heavy atom. The van der Waals surface area contributed by atoms with E-state index in [9.17, 15) is 0 Å². The van der Waals surface area contributed by atoms with Crippen LogP contribution in [0.25, 0.3) is 0 Å². The second kappa shape index (κ2) is 33.7. The van der Waals surface area contributed by atoms with Crippen molar-refractivity contribution in [3.05, 3.63) is 4.91 Å². The SMILES string of the molecule is O=NO.[O]. The second-order valence-electron chi connectivity index (χ2n) is 0.0816. The molecule has 0 aliphatic carbocycles. The van der Waals surface area contributed by atoms with Crippen LogP contribution in [0.2, 0.25) is 0 Å². The first-order chi connectivity index (χ1) is 1.41. The van der Waals surface area contributed by atoms with Crippen LogP contribution >= 0.6 is 0 Å². The van der Waals surface area contributed by atoms with Crippen LogP contribution in [0.1, 0.15) is 0 Å². The Bertz CT molecular complexity index is 10.8. The van der Waals surface area contributed by atoms with Crippen molar-refractivity contribution in [3.8, 4) is 0 Å². The summed E-state index contributed by atoms with van der Waals surface area (Å²) in [6.07, 6.45) is 0. The van der Waals surface area contributed by atoms with E-state index in [1.165, 1.54) is 5.34 Å². The molecule has 0 atom stereocenters. The van der Waals surface area contributed by atoms with Gasteiger partial charge in [0.2, 0.25) is 0 Å². The maximum atomic E-state index is 8.11. The third-order valence-corrected chi connectivity index (χ3v) is 0. The van der Waals surface area contributed by atoms with E-state index in [0.29, 0.717) is 0 Å². The van der Waals surface area contributed by atoms with E-state index in [1.54, 1.807) is 0 Å². The van der Waals surface area contributed by atoms with Crippen LogP contribution in [-0.4, -0.2) is 5.21 Å². The van der Waals surface area contributed by atoms with Crippen molar-refractivity contribution >= 4 is 0 Å². The van der Waals surface area contributed by atoms with Gasteiger partial charge >= 0.3 is 0 Å². The lowest BCUT2D eigenvalue weighted by Gasteiger charge is -1.32. The molecule has 0 aromatic heterocycles. The zero-order valence-corrected chi connectivity index (χ0v) is 1.71. The third-order valence-electron chi connectivity index (χ3n) is 0. The van der Waals surface area contributed by atoms with Gasteiger partial charge in [-0.25, -0.2) is 0 Å². The summed E-state index contributed by atoms with van der Waals surface area (Å²) >= 11 is 0. The average molecular weight is 63.0 g/mol. The van der Waals surface area contributed by atoms with Crippen LogP contribution in [0.5, 0.6) is 0 Å². The fourth-order valence-electron chi connectivity index (χ4n) is 0. The molecule has 0 saturated heterocycles. The topological polar surface area (TPSA) is 78.2 Å². The molecular formula is HNO3. The predicted octanol–water partition coefficient (Wildman–Crippen LogP) is 0.0232. The lowest BCUT2D eigenvalue weighted by molar-refractivity contribution is 0.312. The fraction of sp³-hybridized carbons (Fsp3) is 0. The van der Waals surface area contributed by atoms with Gasteiger partial charge in [-0.05, 0) is 0 Å². The lowest BCUT2D eigenvalue weighted by Crippen LogP contribution is -1.25. The summed E-state index contributed by atoms with van der Waals surface area (Å²) in [7, 11) is 0. The van der Waals surface area contributed by atoms with Crippen molar-refractivity contribution in [1.82, 2.24) is 0 Å². The smallest absolute Gasteiger partial charge is 0.152 e. The van der Waals surface area contributed by atoms with Crippen molar-refractivity contribution in [2.24, 2.45) is 5.34 Å². The summed E-state index contributed by atoms with van der Waals surface area (Å²) in [5.41, 5.74) is 0. The summed E-state index contributed by atoms with van der Waals surface area (Å²) in [6, 6.07) is 0. The van der Waals surface area contributed by atoms with Crippen LogP contribution in [-0.2, 0) is 5.48 Å². The highest BCUT2D eigenvalue weighted by Gasteiger charge is 1.18. The van der Waals surface area contributed by atoms with Crippen molar-refractivity contribution in [2.45, 2.75) is 0 Å². The first kappa shape index (κ1) is 10.1. The highest BCUT2D eigenvalue weighted by Crippen LogP contribution is 1.25. The van der Waals surface area contributed by atoms with Crippen molar-refractivity contribution in [1.29, 1.82) is 0 Å². The number of hydrogen-bond donors (Lipinski definition) is 1. The number of nitrogens with zero attached hydrogens (tertiary/aromatic N) is 1. The normalized spacial score (nSPS) is 3.00. The van der Waals surface area contributed by atoms with Crippen molar-refractivity contribution in [3.63, 3.8) is 0 Å². The average Bonchev–Trinajstić information content (AvgIpc) is 0.918. The Labute approximate surface area is 22.3 Å². The van der Waals surface area contributed by atoms with Crippen molar-refractivity contribution in [2.75, 3.05) is 0 Å². The Balaban J connectivity index is 0. The number of hydrogen-bond acceptors (Lipinski definition) is 2. The molecule has 0 spiro atoms. The van der Waals surface area contributed by atoms with Gasteiger partial charge in [0.15, 0.2) is 5.34 Å². The van der Waals surface area contributed by atoms with Crippen molar-refractivity contribution < 1.29 is 10.7 Å². The Kier molecular flexibility index (Phi) is 85.2. The molecule has 0 aromatic rings. The molecule has 0 saturated carbocycles. The van der Waals surface area contributed by atoms with Crippen LogP contribution in [0.15, 0.2) is 5.34 Å². The van der Waals surface area contributed by atoms with Gasteiger partial charge < -0.3 is 5.21 Å². The minimum atomic E-state index is 0. The summed E-state index contributed by atoms with van der Waals surface area (Å²) in [5.74, 6) is 0. The Morgan fingerprint density at radius 1 is 1.75 bits per heavy atom. The molecule has 0 aliphatic heterocycles. The highest BCUT2D eigenvalue weighted by atomic mass is 16.6. The summed E-state index contributed by atoms with van der Waals surface area (Å²) in [4.78, 5) is 8.11. The molecule has 4 nitrogen and oxygen atoms in total. The maximum absolute atomic E-state index is 8.11. The van der Waals surface area contributed by atoms with E-state index in [-0.39, 0.29) is 5.48 Å². The molecule has 0 rings (SSSR count). The molecule has 0 aliphatic rings. The van der Waals surface area contributed by atoms with Gasteiger partial charge in [0.25, 0.3) is 0 Å². The summed E-state index contributed by atoms with van der Waals surface area (Å²) in [5, 5.41) is 7.89. The molecule has 0 amide bonds. The zero-order valence-electron chi connectivity index (χ0n) is 1.71. The zero-order chi connectivity index (χ0) is 2.71. The van der Waals surface area contributed by atoms with E-state index < -0.39 is 0 Å². The lowest BCUT2D eigenvalue weighted by atomic mass is 13.4. The van der Waals surface area contributed by atoms with E-state index >= 15 is 0 Å². The predicted molar refractivity (Wildman–Crippen MR) is 8.27 cm³/mol. The summed E-state index contributed by atoms with van der Waals surface area (Å²) in [6.45, 7) is 0. The van der Waals surface area contributed by atoms with E-state index in [0.717, 1.165) is 0 Å². The molecule has 0 unspecified atom stereocenters. The first-order valence-corrected chi connectivity index (χ1v) is 0.383. The van der Waals surface area contributed by atoms with Crippen LogP contribution < -0.4 is 0 Å². The molecule has 24 valence electrons. The standard InChI is InChI=1S/HNO2.O/c2-1-3;/h(H,2,3);. The molecule has 0 heterocycles. The van der Waals surface area contributed by atoms with Gasteiger partial charge in [0.1, 0.15) is 0 Å². The molecule has 0 fully saturated rings. The van der Waals surface area contributed by atoms with Crippen LogP contribution in [0.4, 0.5) is 0 Å². The van der Waals surface area contributed by atoms with Gasteiger partial charge in [-0.2, -0.15) is 0 Å².